The molecule has 2 aromatic carbocycles. The molecule has 232 valence electrons. The van der Waals surface area contributed by atoms with Gasteiger partial charge in [-0.2, -0.15) is 0 Å². The lowest BCUT2D eigenvalue weighted by molar-refractivity contribution is -0.140. The number of urea groups is 1. The van der Waals surface area contributed by atoms with Crippen LogP contribution in [0.15, 0.2) is 59.1 Å². The Hall–Kier alpha value is -3.54. The van der Waals surface area contributed by atoms with E-state index < -0.39 is 0 Å². The van der Waals surface area contributed by atoms with Gasteiger partial charge < -0.3 is 30.3 Å². The quantitative estimate of drug-likeness (QED) is 0.447. The van der Waals surface area contributed by atoms with Crippen molar-refractivity contribution < 1.29 is 23.9 Å². The molecule has 0 saturated carbocycles. The average Bonchev–Trinajstić information content (AvgIpc) is 3.42. The summed E-state index contributed by atoms with van der Waals surface area (Å²) < 4.78 is 11.5. The summed E-state index contributed by atoms with van der Waals surface area (Å²) in [5.74, 6) is 1.45. The van der Waals surface area contributed by atoms with Crippen molar-refractivity contribution in [2.75, 3.05) is 37.7 Å². The van der Waals surface area contributed by atoms with Crippen LogP contribution in [0.1, 0.15) is 37.7 Å². The minimum Gasteiger partial charge on any atom is -0.457 e. The van der Waals surface area contributed by atoms with Crippen LogP contribution < -0.4 is 25.6 Å². The second kappa shape index (κ2) is 12.5. The number of likely N-dealkylation sites (tertiary alicyclic amines) is 1. The number of hydrogen-bond donors (Lipinski definition) is 3. The molecule has 4 fully saturated rings. The van der Waals surface area contributed by atoms with Crippen molar-refractivity contribution in [3.05, 3.63) is 64.7 Å². The zero-order chi connectivity index (χ0) is 30.2. The molecule has 4 saturated heterocycles. The summed E-state index contributed by atoms with van der Waals surface area (Å²) in [6.45, 7) is 5.26. The normalized spacial score (nSPS) is 27.1. The van der Waals surface area contributed by atoms with E-state index in [1.54, 1.807) is 0 Å². The third-order valence-electron chi connectivity index (χ3n) is 9.39. The number of carbonyl (C=O) groups is 3. The van der Waals surface area contributed by atoms with Gasteiger partial charge in [-0.15, -0.1) is 0 Å². The number of carbonyl (C=O) groups excluding carboxylic acids is 3. The molecule has 0 radical (unpaired) electrons. The lowest BCUT2D eigenvalue weighted by Crippen LogP contribution is -2.62. The standard InChI is InChI=1S/C33H39N5O5S/c1-20-18-24(43-23-7-3-2-4-8-23)9-10-25(20)38-26-11-14-34-31-27(26)28(36-33(38)41)29(44-31)30(39)35-22-6-5-15-37(19-22)32(40)21-12-16-42-17-13-21/h2-4,7-10,18,21-22,26-27,31,34H,5-6,11-17,19H2,1H3,(H,35,39)(H,36,41)/t22-,26?,27?,31?/m1/s1. The SMILES string of the molecule is Cc1cc(Oc2ccccc2)ccc1N1C(=O)NC2=C(C(=O)N[C@@H]3CCCN(C(=O)C4CCOCC4)C3)SC3NCCC1C23. The molecule has 5 heterocycles. The fourth-order valence-electron chi connectivity index (χ4n) is 7.24. The minimum atomic E-state index is -0.222. The summed E-state index contributed by atoms with van der Waals surface area (Å²) in [7, 11) is 0. The van der Waals surface area contributed by atoms with Gasteiger partial charge in [0.25, 0.3) is 5.91 Å². The highest BCUT2D eigenvalue weighted by molar-refractivity contribution is 8.04. The van der Waals surface area contributed by atoms with E-state index in [1.807, 2.05) is 65.3 Å². The van der Waals surface area contributed by atoms with E-state index in [4.69, 9.17) is 9.47 Å². The average molecular weight is 618 g/mol. The van der Waals surface area contributed by atoms with Gasteiger partial charge in [-0.25, -0.2) is 4.79 Å². The van der Waals surface area contributed by atoms with Gasteiger partial charge >= 0.3 is 6.03 Å². The van der Waals surface area contributed by atoms with Gasteiger partial charge in [-0.3, -0.25) is 14.5 Å². The Morgan fingerprint density at radius 1 is 1.05 bits per heavy atom. The van der Waals surface area contributed by atoms with E-state index in [9.17, 15) is 14.4 Å². The molecular weight excluding hydrogens is 578 g/mol. The number of nitrogens with one attached hydrogen (secondary N) is 3. The molecule has 10 nitrogen and oxygen atoms in total. The Balaban J connectivity index is 1.06. The first kappa shape index (κ1) is 29.2. The highest BCUT2D eigenvalue weighted by Crippen LogP contribution is 2.48. The van der Waals surface area contributed by atoms with Gasteiger partial charge in [0.15, 0.2) is 0 Å². The maximum Gasteiger partial charge on any atom is 0.326 e. The second-order valence-electron chi connectivity index (χ2n) is 12.3. The molecule has 5 aliphatic rings. The summed E-state index contributed by atoms with van der Waals surface area (Å²) in [5, 5.41) is 9.89. The number of para-hydroxylation sites is 1. The molecule has 2 aromatic rings. The molecule has 11 heteroatoms. The topological polar surface area (TPSA) is 112 Å². The number of anilines is 1. The van der Waals surface area contributed by atoms with Crippen molar-refractivity contribution in [3.63, 3.8) is 0 Å². The molecule has 44 heavy (non-hydrogen) atoms. The molecule has 5 aliphatic heterocycles. The van der Waals surface area contributed by atoms with E-state index in [-0.39, 0.29) is 47.1 Å². The smallest absolute Gasteiger partial charge is 0.326 e. The molecule has 7 rings (SSSR count). The molecule has 0 aliphatic carbocycles. The lowest BCUT2D eigenvalue weighted by Gasteiger charge is -2.46. The highest BCUT2D eigenvalue weighted by atomic mass is 32.2. The summed E-state index contributed by atoms with van der Waals surface area (Å²) >= 11 is 1.51. The molecule has 4 amide bonds. The predicted octanol–water partition coefficient (Wildman–Crippen LogP) is 4.11. The summed E-state index contributed by atoms with van der Waals surface area (Å²) in [6.07, 6.45) is 3.99. The van der Waals surface area contributed by atoms with Gasteiger partial charge in [0.2, 0.25) is 5.91 Å². The van der Waals surface area contributed by atoms with E-state index in [2.05, 4.69) is 16.0 Å². The maximum atomic E-state index is 13.7. The number of rotatable bonds is 6. The zero-order valence-corrected chi connectivity index (χ0v) is 25.7. The molecular formula is C33H39N5O5S. The van der Waals surface area contributed by atoms with Crippen LogP contribution in [0.2, 0.25) is 0 Å². The van der Waals surface area contributed by atoms with E-state index in [1.165, 1.54) is 11.8 Å². The number of nitrogens with zero attached hydrogens (tertiary/aromatic N) is 2. The highest BCUT2D eigenvalue weighted by Gasteiger charge is 2.52. The fourth-order valence-corrected chi connectivity index (χ4v) is 8.64. The first-order chi connectivity index (χ1) is 21.5. The van der Waals surface area contributed by atoms with Gasteiger partial charge in [0.1, 0.15) is 11.5 Å². The molecule has 3 unspecified atom stereocenters. The van der Waals surface area contributed by atoms with Gasteiger partial charge in [-0.05, 0) is 81.5 Å². The lowest BCUT2D eigenvalue weighted by atomic mass is 9.86. The molecule has 0 spiro atoms. The van der Waals surface area contributed by atoms with Crippen LogP contribution in [0, 0.1) is 18.8 Å². The van der Waals surface area contributed by atoms with Crippen LogP contribution in [0.5, 0.6) is 11.5 Å². The van der Waals surface area contributed by atoms with Crippen molar-refractivity contribution in [1.29, 1.82) is 0 Å². The van der Waals surface area contributed by atoms with E-state index in [0.717, 1.165) is 62.2 Å². The Morgan fingerprint density at radius 3 is 2.66 bits per heavy atom. The van der Waals surface area contributed by atoms with E-state index in [0.29, 0.717) is 36.1 Å². The Bertz CT molecular complexity index is 1460. The third-order valence-corrected chi connectivity index (χ3v) is 10.7. The first-order valence-electron chi connectivity index (χ1n) is 15.7. The predicted molar refractivity (Wildman–Crippen MR) is 168 cm³/mol. The van der Waals surface area contributed by atoms with E-state index >= 15 is 0 Å². The molecule has 0 aromatic heterocycles. The van der Waals surface area contributed by atoms with Gasteiger partial charge in [-0.1, -0.05) is 30.0 Å². The monoisotopic (exact) mass is 617 g/mol. The Kier molecular flexibility index (Phi) is 8.26. The van der Waals surface area contributed by atoms with Crippen molar-refractivity contribution in [1.82, 2.24) is 20.9 Å². The van der Waals surface area contributed by atoms with Crippen LogP contribution in [-0.2, 0) is 14.3 Å². The second-order valence-corrected chi connectivity index (χ2v) is 13.4. The van der Waals surface area contributed by atoms with Gasteiger partial charge in [0.05, 0.1) is 16.3 Å². The maximum absolute atomic E-state index is 13.7. The van der Waals surface area contributed by atoms with Crippen molar-refractivity contribution in [3.8, 4) is 11.5 Å². The number of aryl methyl sites for hydroxylation is 1. The number of ether oxygens (including phenoxy) is 2. The third kappa shape index (κ3) is 5.68. The van der Waals surface area contributed by atoms with Crippen molar-refractivity contribution in [2.24, 2.45) is 11.8 Å². The molecule has 4 atom stereocenters. The fraction of sp³-hybridized carbons (Fsp3) is 0.485. The number of benzene rings is 2. The largest absolute Gasteiger partial charge is 0.457 e. The summed E-state index contributed by atoms with van der Waals surface area (Å²) in [5.41, 5.74) is 2.49. The first-order valence-corrected chi connectivity index (χ1v) is 16.6. The zero-order valence-electron chi connectivity index (χ0n) is 24.9. The Morgan fingerprint density at radius 2 is 1.86 bits per heavy atom. The van der Waals surface area contributed by atoms with Gasteiger partial charge in [0, 0.05) is 55.6 Å². The van der Waals surface area contributed by atoms with Crippen LogP contribution >= 0.6 is 11.8 Å². The summed E-state index contributed by atoms with van der Waals surface area (Å²) in [6, 6.07) is 15.0. The van der Waals surface area contributed by atoms with Crippen LogP contribution in [0.25, 0.3) is 0 Å². The summed E-state index contributed by atoms with van der Waals surface area (Å²) in [4.78, 5) is 44.9. The minimum absolute atomic E-state index is 0.00783. The number of hydrogen-bond acceptors (Lipinski definition) is 7. The van der Waals surface area contributed by atoms with Crippen molar-refractivity contribution >= 4 is 35.3 Å². The van der Waals surface area contributed by atoms with Crippen molar-refractivity contribution in [2.45, 2.75) is 56.5 Å². The number of thioether (sulfide) groups is 1. The van der Waals surface area contributed by atoms with Crippen LogP contribution in [0.3, 0.4) is 0 Å². The Labute approximate surface area is 261 Å². The number of amides is 4. The molecule has 3 N–H and O–H groups in total. The molecule has 0 bridgehead atoms. The number of piperidine rings is 2. The van der Waals surface area contributed by atoms with Crippen LogP contribution in [0.4, 0.5) is 10.5 Å². The van der Waals surface area contributed by atoms with Crippen LogP contribution in [-0.4, -0.2) is 73.1 Å².